The minimum absolute atomic E-state index is 0.184. The molecule has 1 amide bonds. The van der Waals surface area contributed by atoms with Crippen molar-refractivity contribution in [3.8, 4) is 0 Å². The Morgan fingerprint density at radius 2 is 2.47 bits per heavy atom. The fraction of sp³-hybridized carbons (Fsp3) is 0.583. The lowest BCUT2D eigenvalue weighted by molar-refractivity contribution is 0.0672. The zero-order valence-electron chi connectivity index (χ0n) is 9.49. The summed E-state index contributed by atoms with van der Waals surface area (Å²) in [4.78, 5) is 14.2. The second kappa shape index (κ2) is 6.38. The van der Waals surface area contributed by atoms with Gasteiger partial charge >= 0.3 is 0 Å². The van der Waals surface area contributed by atoms with E-state index in [0.717, 1.165) is 31.5 Å². The summed E-state index contributed by atoms with van der Waals surface area (Å²) in [7, 11) is 0. The van der Waals surface area contributed by atoms with Gasteiger partial charge in [-0.2, -0.15) is 0 Å². The third kappa shape index (κ3) is 3.58. The van der Waals surface area contributed by atoms with E-state index in [-0.39, 0.29) is 5.91 Å². The average molecular weight is 384 g/mol. The van der Waals surface area contributed by atoms with E-state index in [0.29, 0.717) is 11.8 Å². The molecular formula is C12H15ClINOS. The van der Waals surface area contributed by atoms with Gasteiger partial charge in [0, 0.05) is 24.3 Å². The number of piperidine rings is 1. The first-order chi connectivity index (χ1) is 8.20. The van der Waals surface area contributed by atoms with Crippen LogP contribution in [-0.2, 0) is 0 Å². The topological polar surface area (TPSA) is 20.3 Å². The van der Waals surface area contributed by atoms with E-state index in [1.54, 1.807) is 11.3 Å². The minimum Gasteiger partial charge on any atom is -0.338 e. The summed E-state index contributed by atoms with van der Waals surface area (Å²) in [5.74, 6) is 1.47. The zero-order valence-corrected chi connectivity index (χ0v) is 13.2. The van der Waals surface area contributed by atoms with Crippen molar-refractivity contribution in [1.82, 2.24) is 4.90 Å². The Kier molecular flexibility index (Phi) is 5.11. The molecule has 0 spiro atoms. The minimum atomic E-state index is 0.184. The third-order valence-corrected chi connectivity index (χ3v) is 5.15. The van der Waals surface area contributed by atoms with Gasteiger partial charge in [-0.15, -0.1) is 22.9 Å². The summed E-state index contributed by atoms with van der Waals surface area (Å²) in [6.45, 7) is 1.77. The highest BCUT2D eigenvalue weighted by molar-refractivity contribution is 14.1. The predicted molar refractivity (Wildman–Crippen MR) is 81.0 cm³/mol. The van der Waals surface area contributed by atoms with Crippen molar-refractivity contribution in [2.24, 2.45) is 5.92 Å². The van der Waals surface area contributed by atoms with Gasteiger partial charge in [0.1, 0.15) is 0 Å². The molecule has 1 atom stereocenters. The SMILES string of the molecule is O=C(c1csc(I)c1)N1CCCC(CCCl)C1. The van der Waals surface area contributed by atoms with E-state index < -0.39 is 0 Å². The maximum atomic E-state index is 12.3. The maximum Gasteiger partial charge on any atom is 0.254 e. The Morgan fingerprint density at radius 3 is 3.12 bits per heavy atom. The molecule has 1 aromatic rings. The van der Waals surface area contributed by atoms with Crippen LogP contribution in [0.4, 0.5) is 0 Å². The number of hydrogen-bond acceptors (Lipinski definition) is 2. The number of halogens is 2. The van der Waals surface area contributed by atoms with E-state index in [1.165, 1.54) is 9.30 Å². The lowest BCUT2D eigenvalue weighted by Crippen LogP contribution is -2.39. The molecule has 0 aromatic carbocycles. The van der Waals surface area contributed by atoms with Crippen molar-refractivity contribution in [3.05, 3.63) is 19.9 Å². The molecule has 1 saturated heterocycles. The highest BCUT2D eigenvalue weighted by atomic mass is 127. The molecule has 0 bridgehead atoms. The van der Waals surface area contributed by atoms with Gasteiger partial charge in [-0.25, -0.2) is 0 Å². The lowest BCUT2D eigenvalue weighted by Gasteiger charge is -2.32. The van der Waals surface area contributed by atoms with Crippen LogP contribution in [0.25, 0.3) is 0 Å². The van der Waals surface area contributed by atoms with Gasteiger partial charge in [-0.1, -0.05) is 0 Å². The van der Waals surface area contributed by atoms with E-state index in [1.807, 2.05) is 16.3 Å². The zero-order chi connectivity index (χ0) is 12.3. The quantitative estimate of drug-likeness (QED) is 0.574. The smallest absolute Gasteiger partial charge is 0.254 e. The second-order valence-electron chi connectivity index (χ2n) is 4.38. The molecule has 1 aromatic heterocycles. The molecule has 1 unspecified atom stereocenters. The van der Waals surface area contributed by atoms with Gasteiger partial charge in [0.25, 0.3) is 5.91 Å². The Bertz CT molecular complexity index is 394. The number of hydrogen-bond donors (Lipinski definition) is 0. The van der Waals surface area contributed by atoms with Crippen LogP contribution in [0, 0.1) is 8.80 Å². The number of amides is 1. The van der Waals surface area contributed by atoms with Crippen molar-refractivity contribution < 1.29 is 4.79 Å². The van der Waals surface area contributed by atoms with Crippen molar-refractivity contribution in [1.29, 1.82) is 0 Å². The monoisotopic (exact) mass is 383 g/mol. The molecule has 0 N–H and O–H groups in total. The van der Waals surface area contributed by atoms with Gasteiger partial charge in [0.15, 0.2) is 0 Å². The van der Waals surface area contributed by atoms with E-state index in [2.05, 4.69) is 22.6 Å². The summed E-state index contributed by atoms with van der Waals surface area (Å²) in [6.07, 6.45) is 3.33. The predicted octanol–water partition coefficient (Wildman–Crippen LogP) is 3.83. The summed E-state index contributed by atoms with van der Waals surface area (Å²) in [5, 5.41) is 1.95. The summed E-state index contributed by atoms with van der Waals surface area (Å²) in [5.41, 5.74) is 0.839. The van der Waals surface area contributed by atoms with Gasteiger partial charge in [-0.05, 0) is 53.8 Å². The molecule has 1 aliphatic rings. The first kappa shape index (κ1) is 13.6. The Labute approximate surface area is 124 Å². The molecule has 94 valence electrons. The number of alkyl halides is 1. The number of rotatable bonds is 3. The average Bonchev–Trinajstić information content (AvgIpc) is 2.76. The van der Waals surface area contributed by atoms with Crippen LogP contribution in [0.3, 0.4) is 0 Å². The Morgan fingerprint density at radius 1 is 1.65 bits per heavy atom. The van der Waals surface area contributed by atoms with Crippen LogP contribution in [0.15, 0.2) is 11.4 Å². The molecule has 0 aliphatic carbocycles. The second-order valence-corrected chi connectivity index (χ2v) is 7.56. The molecule has 5 heteroatoms. The number of thiophene rings is 1. The number of carbonyl (C=O) groups is 1. The van der Waals surface area contributed by atoms with E-state index in [9.17, 15) is 4.79 Å². The number of carbonyl (C=O) groups excluding carboxylic acids is 1. The summed E-state index contributed by atoms with van der Waals surface area (Å²) in [6, 6.07) is 1.97. The molecule has 1 fully saturated rings. The van der Waals surface area contributed by atoms with Crippen LogP contribution in [0.5, 0.6) is 0 Å². The molecular weight excluding hydrogens is 369 g/mol. The van der Waals surface area contributed by atoms with Gasteiger partial charge < -0.3 is 4.90 Å². The van der Waals surface area contributed by atoms with E-state index in [4.69, 9.17) is 11.6 Å². The van der Waals surface area contributed by atoms with Gasteiger partial charge in [0.2, 0.25) is 0 Å². The summed E-state index contributed by atoms with van der Waals surface area (Å²) >= 11 is 9.66. The lowest BCUT2D eigenvalue weighted by atomic mass is 9.95. The van der Waals surface area contributed by atoms with Crippen LogP contribution >= 0.6 is 45.5 Å². The Balaban J connectivity index is 1.99. The van der Waals surface area contributed by atoms with Crippen LogP contribution in [0.1, 0.15) is 29.6 Å². The standard InChI is InChI=1S/C12H15ClINOS/c13-4-3-9-2-1-5-15(7-9)12(16)10-6-11(14)17-8-10/h6,8-9H,1-5,7H2. The van der Waals surface area contributed by atoms with Crippen LogP contribution in [-0.4, -0.2) is 29.8 Å². The molecule has 0 saturated carbocycles. The molecule has 0 radical (unpaired) electrons. The van der Waals surface area contributed by atoms with Crippen molar-refractivity contribution in [3.63, 3.8) is 0 Å². The Hall–Kier alpha value is 0.190. The first-order valence-corrected chi connectivity index (χ1v) is 8.29. The molecule has 17 heavy (non-hydrogen) atoms. The molecule has 1 aliphatic heterocycles. The summed E-state index contributed by atoms with van der Waals surface area (Å²) < 4.78 is 1.17. The van der Waals surface area contributed by atoms with E-state index >= 15 is 0 Å². The van der Waals surface area contributed by atoms with Gasteiger partial charge in [0.05, 0.1) is 8.45 Å². The van der Waals surface area contributed by atoms with Crippen molar-refractivity contribution >= 4 is 51.4 Å². The van der Waals surface area contributed by atoms with Crippen LogP contribution < -0.4 is 0 Å². The van der Waals surface area contributed by atoms with Crippen LogP contribution in [0.2, 0.25) is 0 Å². The highest BCUT2D eigenvalue weighted by Gasteiger charge is 2.24. The third-order valence-electron chi connectivity index (χ3n) is 3.14. The van der Waals surface area contributed by atoms with Gasteiger partial charge in [-0.3, -0.25) is 4.79 Å². The van der Waals surface area contributed by atoms with Crippen molar-refractivity contribution in [2.45, 2.75) is 19.3 Å². The van der Waals surface area contributed by atoms with Crippen molar-refractivity contribution in [2.75, 3.05) is 19.0 Å². The number of likely N-dealkylation sites (tertiary alicyclic amines) is 1. The fourth-order valence-electron chi connectivity index (χ4n) is 2.24. The molecule has 2 rings (SSSR count). The largest absolute Gasteiger partial charge is 0.338 e. The maximum absolute atomic E-state index is 12.3. The number of nitrogens with zero attached hydrogens (tertiary/aromatic N) is 1. The fourth-order valence-corrected chi connectivity index (χ4v) is 3.87. The molecule has 2 nitrogen and oxygen atoms in total. The highest BCUT2D eigenvalue weighted by Crippen LogP contribution is 2.23. The molecule has 2 heterocycles. The first-order valence-electron chi connectivity index (χ1n) is 5.80. The normalized spacial score (nSPS) is 20.6.